The second-order valence-electron chi connectivity index (χ2n) is 6.81. The van der Waals surface area contributed by atoms with Crippen LogP contribution in [0.2, 0.25) is 0 Å². The molecule has 0 atom stereocenters. The zero-order valence-electron chi connectivity index (χ0n) is 13.4. The van der Waals surface area contributed by atoms with E-state index in [0.29, 0.717) is 11.1 Å². The van der Waals surface area contributed by atoms with Crippen molar-refractivity contribution in [2.24, 2.45) is 0 Å². The van der Waals surface area contributed by atoms with Gasteiger partial charge in [-0.15, -0.1) is 6.58 Å². The largest absolute Gasteiger partial charge is 0.483 e. The lowest BCUT2D eigenvalue weighted by Gasteiger charge is -2.28. The Labute approximate surface area is 129 Å². The Balaban J connectivity index is 2.27. The Hall–Kier alpha value is -2.29. The zero-order chi connectivity index (χ0) is 16.1. The Kier molecular flexibility index (Phi) is 3.06. The molecule has 3 heteroatoms. The summed E-state index contributed by atoms with van der Waals surface area (Å²) in [5.74, 6) is 0.735. The monoisotopic (exact) mass is 296 g/mol. The lowest BCUT2D eigenvalue weighted by Crippen LogP contribution is -2.27. The maximum absolute atomic E-state index is 12.4. The van der Waals surface area contributed by atoms with Crippen molar-refractivity contribution in [2.45, 2.75) is 38.7 Å². The topological polar surface area (TPSA) is 39.4 Å². The lowest BCUT2D eigenvalue weighted by molar-refractivity contribution is 0.159. The molecule has 2 aromatic rings. The molecule has 0 spiro atoms. The van der Waals surface area contributed by atoms with Gasteiger partial charge in [0.05, 0.1) is 5.56 Å². The van der Waals surface area contributed by atoms with E-state index >= 15 is 0 Å². The molecular formula is C19H20O3. The summed E-state index contributed by atoms with van der Waals surface area (Å²) in [6.07, 6.45) is 5.69. The van der Waals surface area contributed by atoms with Gasteiger partial charge >= 0.3 is 5.63 Å². The summed E-state index contributed by atoms with van der Waals surface area (Å²) in [5, 5.41) is 0.885. The van der Waals surface area contributed by atoms with Crippen LogP contribution in [0.1, 0.15) is 38.8 Å². The van der Waals surface area contributed by atoms with Gasteiger partial charge in [0.1, 0.15) is 16.9 Å². The van der Waals surface area contributed by atoms with Gasteiger partial charge in [0, 0.05) is 16.4 Å². The third kappa shape index (κ3) is 2.27. The molecule has 0 aliphatic carbocycles. The molecule has 1 aromatic carbocycles. The first-order valence-electron chi connectivity index (χ1n) is 7.37. The zero-order valence-corrected chi connectivity index (χ0v) is 13.4. The summed E-state index contributed by atoms with van der Waals surface area (Å²) in [4.78, 5) is 12.4. The third-order valence-electron chi connectivity index (χ3n) is 4.13. The summed E-state index contributed by atoms with van der Waals surface area (Å²) < 4.78 is 11.5. The summed E-state index contributed by atoms with van der Waals surface area (Å²) in [5.41, 5.74) is 0.875. The number of benzene rings is 1. The van der Waals surface area contributed by atoms with Crippen molar-refractivity contribution >= 4 is 17.0 Å². The molecular weight excluding hydrogens is 276 g/mol. The molecule has 1 aliphatic rings. The fourth-order valence-electron chi connectivity index (χ4n) is 2.60. The summed E-state index contributed by atoms with van der Waals surface area (Å²) in [6, 6.07) is 5.74. The highest BCUT2D eigenvalue weighted by molar-refractivity contribution is 5.89. The Morgan fingerprint density at radius 1 is 1.27 bits per heavy atom. The van der Waals surface area contributed by atoms with Crippen molar-refractivity contribution in [1.82, 2.24) is 0 Å². The predicted octanol–water partition coefficient (Wildman–Crippen LogP) is 4.44. The average molecular weight is 296 g/mol. The van der Waals surface area contributed by atoms with Gasteiger partial charge in [-0.05, 0) is 44.2 Å². The number of hydrogen-bond acceptors (Lipinski definition) is 3. The van der Waals surface area contributed by atoms with E-state index in [4.69, 9.17) is 9.15 Å². The highest BCUT2D eigenvalue weighted by atomic mass is 16.5. The molecule has 0 fully saturated rings. The van der Waals surface area contributed by atoms with E-state index in [2.05, 4.69) is 6.58 Å². The van der Waals surface area contributed by atoms with Crippen LogP contribution in [0.4, 0.5) is 0 Å². The van der Waals surface area contributed by atoms with E-state index in [0.717, 1.165) is 16.7 Å². The van der Waals surface area contributed by atoms with Gasteiger partial charge in [0.15, 0.2) is 0 Å². The summed E-state index contributed by atoms with van der Waals surface area (Å²) in [6.45, 7) is 11.7. The van der Waals surface area contributed by atoms with E-state index in [1.807, 2.05) is 58.0 Å². The van der Waals surface area contributed by atoms with Gasteiger partial charge in [-0.1, -0.05) is 19.9 Å². The molecule has 1 aromatic heterocycles. The number of fused-ring (bicyclic) bond motifs is 3. The number of ether oxygens (including phenoxy) is 1. The van der Waals surface area contributed by atoms with Crippen LogP contribution < -0.4 is 10.4 Å². The van der Waals surface area contributed by atoms with E-state index < -0.39 is 5.41 Å². The van der Waals surface area contributed by atoms with Crippen LogP contribution in [0.25, 0.3) is 17.0 Å². The second kappa shape index (κ2) is 4.60. The van der Waals surface area contributed by atoms with Gasteiger partial charge < -0.3 is 9.15 Å². The molecule has 0 saturated heterocycles. The van der Waals surface area contributed by atoms with Gasteiger partial charge in [0.2, 0.25) is 0 Å². The third-order valence-corrected chi connectivity index (χ3v) is 4.13. The van der Waals surface area contributed by atoms with E-state index in [1.54, 1.807) is 6.08 Å². The molecule has 1 aliphatic heterocycles. The molecule has 114 valence electrons. The van der Waals surface area contributed by atoms with Gasteiger partial charge in [-0.3, -0.25) is 0 Å². The van der Waals surface area contributed by atoms with Crippen molar-refractivity contribution in [3.63, 3.8) is 0 Å². The first-order chi connectivity index (χ1) is 10.2. The van der Waals surface area contributed by atoms with Crippen molar-refractivity contribution < 1.29 is 9.15 Å². The van der Waals surface area contributed by atoms with Crippen LogP contribution in [-0.4, -0.2) is 5.60 Å². The van der Waals surface area contributed by atoms with E-state index in [-0.39, 0.29) is 11.2 Å². The smallest absolute Gasteiger partial charge is 0.340 e. The predicted molar refractivity (Wildman–Crippen MR) is 89.4 cm³/mol. The first kappa shape index (κ1) is 14.6. The average Bonchev–Trinajstić information content (AvgIpc) is 2.45. The van der Waals surface area contributed by atoms with Crippen molar-refractivity contribution in [3.8, 4) is 5.75 Å². The molecule has 0 radical (unpaired) electrons. The van der Waals surface area contributed by atoms with Crippen molar-refractivity contribution in [3.05, 3.63) is 58.5 Å². The lowest BCUT2D eigenvalue weighted by atomic mass is 9.85. The SMILES string of the molecule is C=CC(C)(C)c1cc2ccc3c(c2oc1=O)C=CC(C)(C)O3. The van der Waals surface area contributed by atoms with Crippen LogP contribution in [0, 0.1) is 0 Å². The van der Waals surface area contributed by atoms with Gasteiger partial charge in [0.25, 0.3) is 0 Å². The van der Waals surface area contributed by atoms with Crippen LogP contribution in [0.3, 0.4) is 0 Å². The molecule has 0 amide bonds. The molecule has 0 saturated carbocycles. The molecule has 2 heterocycles. The number of rotatable bonds is 2. The standard InChI is InChI=1S/C19H20O3/c1-6-18(2,3)14-11-12-7-8-15-13(16(12)21-17(14)20)9-10-19(4,5)22-15/h6-11H,1H2,2-5H3. The van der Waals surface area contributed by atoms with Crippen LogP contribution >= 0.6 is 0 Å². The highest BCUT2D eigenvalue weighted by Gasteiger charge is 2.26. The molecule has 3 rings (SSSR count). The Morgan fingerprint density at radius 3 is 2.68 bits per heavy atom. The van der Waals surface area contributed by atoms with Crippen LogP contribution in [0.5, 0.6) is 5.75 Å². The minimum absolute atomic E-state index is 0.330. The molecule has 0 bridgehead atoms. The minimum Gasteiger partial charge on any atom is -0.483 e. The highest BCUT2D eigenvalue weighted by Crippen LogP contribution is 2.36. The van der Waals surface area contributed by atoms with Crippen molar-refractivity contribution in [2.75, 3.05) is 0 Å². The summed E-state index contributed by atoms with van der Waals surface area (Å²) in [7, 11) is 0. The van der Waals surface area contributed by atoms with E-state index in [9.17, 15) is 4.79 Å². The fourth-order valence-corrected chi connectivity index (χ4v) is 2.60. The van der Waals surface area contributed by atoms with Crippen molar-refractivity contribution in [1.29, 1.82) is 0 Å². The van der Waals surface area contributed by atoms with E-state index in [1.165, 1.54) is 0 Å². The minimum atomic E-state index is -0.432. The first-order valence-corrected chi connectivity index (χ1v) is 7.37. The molecule has 3 nitrogen and oxygen atoms in total. The quantitative estimate of drug-likeness (QED) is 0.607. The molecule has 0 unspecified atom stereocenters. The number of allylic oxidation sites excluding steroid dienone is 1. The Morgan fingerprint density at radius 2 is 2.00 bits per heavy atom. The molecule has 0 N–H and O–H groups in total. The number of hydrogen-bond donors (Lipinski definition) is 0. The Bertz CT molecular complexity index is 851. The van der Waals surface area contributed by atoms with Gasteiger partial charge in [-0.25, -0.2) is 4.79 Å². The van der Waals surface area contributed by atoms with Crippen LogP contribution in [0.15, 0.2) is 46.1 Å². The maximum Gasteiger partial charge on any atom is 0.340 e. The maximum atomic E-state index is 12.4. The van der Waals surface area contributed by atoms with Gasteiger partial charge in [-0.2, -0.15) is 0 Å². The molecule has 22 heavy (non-hydrogen) atoms. The summed E-state index contributed by atoms with van der Waals surface area (Å²) >= 11 is 0. The van der Waals surface area contributed by atoms with Crippen LogP contribution in [-0.2, 0) is 5.41 Å². The second-order valence-corrected chi connectivity index (χ2v) is 6.81. The fraction of sp³-hybridized carbons (Fsp3) is 0.316. The normalized spacial score (nSPS) is 16.2.